The second kappa shape index (κ2) is 3.56. The molecule has 1 aliphatic rings. The van der Waals surface area contributed by atoms with Crippen LogP contribution in [0.25, 0.3) is 0 Å². The van der Waals surface area contributed by atoms with Crippen molar-refractivity contribution in [3.63, 3.8) is 0 Å². The first-order chi connectivity index (χ1) is 6.34. The van der Waals surface area contributed by atoms with Gasteiger partial charge in [-0.25, -0.2) is 8.42 Å². The lowest BCUT2D eigenvalue weighted by Gasteiger charge is -2.29. The van der Waals surface area contributed by atoms with Crippen LogP contribution in [0.1, 0.15) is 6.92 Å². The molecule has 6 nitrogen and oxygen atoms in total. The highest BCUT2D eigenvalue weighted by Crippen LogP contribution is 2.12. The largest absolute Gasteiger partial charge is 0.480 e. The fraction of sp³-hybridized carbons (Fsp3) is 0.714. The molecule has 1 saturated heterocycles. The molecule has 0 bridgehead atoms. The van der Waals surface area contributed by atoms with Crippen molar-refractivity contribution in [2.75, 3.05) is 18.8 Å². The standard InChI is InChI=1S/C7H11NO5S/c1-5(9)8-2-3-14(12,13)6(4-8)7(10)11/h6H,2-4H2,1H3,(H,10,11). The van der Waals surface area contributed by atoms with Crippen molar-refractivity contribution in [2.24, 2.45) is 0 Å². The van der Waals surface area contributed by atoms with Crippen molar-refractivity contribution in [1.82, 2.24) is 4.90 Å². The third-order valence-electron chi connectivity index (χ3n) is 2.19. The summed E-state index contributed by atoms with van der Waals surface area (Å²) in [6.07, 6.45) is 0. The molecule has 0 aromatic rings. The SMILES string of the molecule is CC(=O)N1CCS(=O)(=O)C(C(=O)O)C1. The molecule has 1 fully saturated rings. The Bertz CT molecular complexity index is 360. The van der Waals surface area contributed by atoms with Crippen molar-refractivity contribution in [3.05, 3.63) is 0 Å². The number of rotatable bonds is 1. The van der Waals surface area contributed by atoms with Gasteiger partial charge in [0.2, 0.25) is 5.91 Å². The average molecular weight is 221 g/mol. The third-order valence-corrected chi connectivity index (χ3v) is 4.16. The molecule has 1 N–H and O–H groups in total. The van der Waals surface area contributed by atoms with Gasteiger partial charge in [-0.05, 0) is 0 Å². The topological polar surface area (TPSA) is 91.8 Å². The molecule has 14 heavy (non-hydrogen) atoms. The number of nitrogens with zero attached hydrogens (tertiary/aromatic N) is 1. The number of sulfone groups is 1. The van der Waals surface area contributed by atoms with E-state index in [1.807, 2.05) is 0 Å². The molecular weight excluding hydrogens is 210 g/mol. The molecular formula is C7H11NO5S. The van der Waals surface area contributed by atoms with E-state index in [9.17, 15) is 18.0 Å². The Kier molecular flexibility index (Phi) is 2.79. The highest BCUT2D eigenvalue weighted by atomic mass is 32.2. The Labute approximate surface area is 81.4 Å². The van der Waals surface area contributed by atoms with Crippen molar-refractivity contribution in [2.45, 2.75) is 12.2 Å². The Hall–Kier alpha value is -1.11. The maximum Gasteiger partial charge on any atom is 0.323 e. The fourth-order valence-electron chi connectivity index (χ4n) is 1.30. The van der Waals surface area contributed by atoms with Gasteiger partial charge in [-0.15, -0.1) is 0 Å². The summed E-state index contributed by atoms with van der Waals surface area (Å²) < 4.78 is 22.5. The Morgan fingerprint density at radius 1 is 1.43 bits per heavy atom. The second-order valence-corrected chi connectivity index (χ2v) is 5.46. The number of aliphatic carboxylic acids is 1. The van der Waals surface area contributed by atoms with E-state index in [-0.39, 0.29) is 24.7 Å². The van der Waals surface area contributed by atoms with Crippen LogP contribution in [0.5, 0.6) is 0 Å². The quantitative estimate of drug-likeness (QED) is 0.595. The summed E-state index contributed by atoms with van der Waals surface area (Å²) in [5.41, 5.74) is 0. The summed E-state index contributed by atoms with van der Waals surface area (Å²) in [7, 11) is -3.58. The number of carboxylic acids is 1. The van der Waals surface area contributed by atoms with E-state index in [1.54, 1.807) is 0 Å². The molecule has 1 heterocycles. The molecule has 1 unspecified atom stereocenters. The van der Waals surface area contributed by atoms with Gasteiger partial charge >= 0.3 is 5.97 Å². The molecule has 0 spiro atoms. The van der Waals surface area contributed by atoms with Gasteiger partial charge in [-0.1, -0.05) is 0 Å². The first-order valence-corrected chi connectivity index (χ1v) is 5.76. The predicted octanol–water partition coefficient (Wildman–Crippen LogP) is -1.28. The molecule has 80 valence electrons. The fourth-order valence-corrected chi connectivity index (χ4v) is 2.78. The minimum Gasteiger partial charge on any atom is -0.480 e. The zero-order valence-electron chi connectivity index (χ0n) is 7.63. The Morgan fingerprint density at radius 2 is 2.00 bits per heavy atom. The van der Waals surface area contributed by atoms with Crippen LogP contribution < -0.4 is 0 Å². The van der Waals surface area contributed by atoms with Crippen molar-refractivity contribution in [3.8, 4) is 0 Å². The molecule has 0 saturated carbocycles. The first kappa shape index (κ1) is 11.0. The van der Waals surface area contributed by atoms with E-state index >= 15 is 0 Å². The van der Waals surface area contributed by atoms with Crippen LogP contribution in [0, 0.1) is 0 Å². The zero-order chi connectivity index (χ0) is 10.9. The third kappa shape index (κ3) is 2.03. The molecule has 0 aromatic carbocycles. The Balaban J connectivity index is 2.89. The lowest BCUT2D eigenvalue weighted by Crippen LogP contribution is -2.51. The zero-order valence-corrected chi connectivity index (χ0v) is 8.45. The summed E-state index contributed by atoms with van der Waals surface area (Å²) in [6.45, 7) is 1.13. The van der Waals surface area contributed by atoms with Crippen LogP contribution in [0.2, 0.25) is 0 Å². The summed E-state index contributed by atoms with van der Waals surface area (Å²) in [4.78, 5) is 22.8. The first-order valence-electron chi connectivity index (χ1n) is 4.04. The summed E-state index contributed by atoms with van der Waals surface area (Å²) in [5, 5.41) is 7.18. The van der Waals surface area contributed by atoms with Crippen molar-refractivity contribution < 1.29 is 23.1 Å². The van der Waals surface area contributed by atoms with Crippen LogP contribution in [0.15, 0.2) is 0 Å². The summed E-state index contributed by atoms with van der Waals surface area (Å²) >= 11 is 0. The number of hydrogen-bond donors (Lipinski definition) is 1. The molecule has 0 aromatic heterocycles. The van der Waals surface area contributed by atoms with E-state index < -0.39 is 21.1 Å². The van der Waals surface area contributed by atoms with E-state index in [0.717, 1.165) is 0 Å². The molecule has 1 amide bonds. The monoisotopic (exact) mass is 221 g/mol. The summed E-state index contributed by atoms with van der Waals surface area (Å²) in [6, 6.07) is 0. The van der Waals surface area contributed by atoms with Crippen LogP contribution in [0.3, 0.4) is 0 Å². The average Bonchev–Trinajstić information content (AvgIpc) is 2.02. The van der Waals surface area contributed by atoms with Gasteiger partial charge < -0.3 is 10.0 Å². The van der Waals surface area contributed by atoms with Gasteiger partial charge in [-0.3, -0.25) is 9.59 Å². The smallest absolute Gasteiger partial charge is 0.323 e. The van der Waals surface area contributed by atoms with Gasteiger partial charge in [0.15, 0.2) is 15.1 Å². The number of hydrogen-bond acceptors (Lipinski definition) is 4. The maximum absolute atomic E-state index is 11.3. The van der Waals surface area contributed by atoms with Gasteiger partial charge in [0.25, 0.3) is 0 Å². The highest BCUT2D eigenvalue weighted by molar-refractivity contribution is 7.92. The number of carbonyl (C=O) groups excluding carboxylic acids is 1. The van der Waals surface area contributed by atoms with E-state index in [1.165, 1.54) is 11.8 Å². The van der Waals surface area contributed by atoms with Crippen LogP contribution in [-0.4, -0.2) is 54.4 Å². The molecule has 1 atom stereocenters. The molecule has 1 rings (SSSR count). The summed E-state index contributed by atoms with van der Waals surface area (Å²) in [5.74, 6) is -1.97. The van der Waals surface area contributed by atoms with Gasteiger partial charge in [0, 0.05) is 20.0 Å². The van der Waals surface area contributed by atoms with Crippen LogP contribution >= 0.6 is 0 Å². The minimum absolute atomic E-state index is 0.0848. The van der Waals surface area contributed by atoms with Crippen molar-refractivity contribution in [1.29, 1.82) is 0 Å². The van der Waals surface area contributed by atoms with Gasteiger partial charge in [0.05, 0.1) is 5.75 Å². The number of carboxylic acid groups (broad SMARTS) is 1. The minimum atomic E-state index is -3.58. The van der Waals surface area contributed by atoms with Crippen LogP contribution in [0.4, 0.5) is 0 Å². The lowest BCUT2D eigenvalue weighted by atomic mass is 10.3. The van der Waals surface area contributed by atoms with E-state index in [4.69, 9.17) is 5.11 Å². The van der Waals surface area contributed by atoms with Gasteiger partial charge in [-0.2, -0.15) is 0 Å². The molecule has 1 aliphatic heterocycles. The number of amides is 1. The van der Waals surface area contributed by atoms with Crippen LogP contribution in [-0.2, 0) is 19.4 Å². The molecule has 7 heteroatoms. The van der Waals surface area contributed by atoms with Crippen molar-refractivity contribution >= 4 is 21.7 Å². The predicted molar refractivity (Wildman–Crippen MR) is 47.5 cm³/mol. The molecule has 0 radical (unpaired) electrons. The van der Waals surface area contributed by atoms with E-state index in [2.05, 4.69) is 0 Å². The number of carbonyl (C=O) groups is 2. The van der Waals surface area contributed by atoms with E-state index in [0.29, 0.717) is 0 Å². The second-order valence-electron chi connectivity index (χ2n) is 3.16. The lowest BCUT2D eigenvalue weighted by molar-refractivity contribution is -0.137. The molecule has 0 aliphatic carbocycles. The normalized spacial score (nSPS) is 25.8. The maximum atomic E-state index is 11.3. The highest BCUT2D eigenvalue weighted by Gasteiger charge is 2.38. The Morgan fingerprint density at radius 3 is 2.43 bits per heavy atom. The van der Waals surface area contributed by atoms with Gasteiger partial charge in [0.1, 0.15) is 0 Å².